The van der Waals surface area contributed by atoms with E-state index in [0.717, 1.165) is 29.2 Å². The van der Waals surface area contributed by atoms with E-state index in [1.165, 1.54) is 0 Å². The second-order valence-electron chi connectivity index (χ2n) is 6.25. The van der Waals surface area contributed by atoms with Gasteiger partial charge < -0.3 is 29.2 Å². The number of aliphatic hydroxyl groups is 1. The van der Waals surface area contributed by atoms with Crippen LogP contribution in [0.25, 0.3) is 0 Å². The molecule has 0 atom stereocenters. The Balaban J connectivity index is 1.39. The highest BCUT2D eigenvalue weighted by atomic mass is 16.7. The fraction of sp³-hybridized carbons (Fsp3) is 0.471. The Morgan fingerprint density at radius 2 is 2.04 bits per heavy atom. The largest absolute Gasteiger partial charge is 0.454 e. The second-order valence-corrected chi connectivity index (χ2v) is 6.25. The highest BCUT2D eigenvalue weighted by Crippen LogP contribution is 2.33. The molecule has 0 spiro atoms. The summed E-state index contributed by atoms with van der Waals surface area (Å²) in [4.78, 5) is 0. The fourth-order valence-electron chi connectivity index (χ4n) is 2.97. The molecule has 1 aromatic carbocycles. The number of nitrogens with one attached hydrogen (secondary N) is 1. The van der Waals surface area contributed by atoms with Crippen molar-refractivity contribution >= 4 is 0 Å². The third-order valence-electron chi connectivity index (χ3n) is 4.35. The SMILES string of the molecule is OCCc1cc(CC2(NCc3ccc4c(c3)OCO4)COC2)no1. The summed E-state index contributed by atoms with van der Waals surface area (Å²) >= 11 is 0. The van der Waals surface area contributed by atoms with E-state index >= 15 is 0 Å². The molecule has 0 aliphatic carbocycles. The average Bonchev–Trinajstić information content (AvgIpc) is 3.18. The fourth-order valence-corrected chi connectivity index (χ4v) is 2.97. The van der Waals surface area contributed by atoms with E-state index in [-0.39, 0.29) is 18.9 Å². The number of fused-ring (bicyclic) bond motifs is 1. The third kappa shape index (κ3) is 3.10. The van der Waals surface area contributed by atoms with E-state index in [2.05, 4.69) is 10.5 Å². The van der Waals surface area contributed by atoms with Crippen LogP contribution in [0.5, 0.6) is 11.5 Å². The number of hydrogen-bond acceptors (Lipinski definition) is 7. The van der Waals surface area contributed by atoms with Crippen LogP contribution < -0.4 is 14.8 Å². The molecule has 0 unspecified atom stereocenters. The van der Waals surface area contributed by atoms with Gasteiger partial charge in [0.05, 0.1) is 31.1 Å². The Bertz CT molecular complexity index is 711. The molecular formula is C17H20N2O5. The van der Waals surface area contributed by atoms with Crippen LogP contribution in [-0.2, 0) is 24.1 Å². The minimum absolute atomic E-state index is 0.0608. The van der Waals surface area contributed by atoms with E-state index in [1.807, 2.05) is 24.3 Å². The minimum Gasteiger partial charge on any atom is -0.454 e. The quantitative estimate of drug-likeness (QED) is 0.783. The molecule has 2 aliphatic heterocycles. The second kappa shape index (κ2) is 6.43. The topological polar surface area (TPSA) is 86.0 Å². The zero-order chi connectivity index (χ0) is 16.4. The van der Waals surface area contributed by atoms with Gasteiger partial charge in [0.25, 0.3) is 0 Å². The van der Waals surface area contributed by atoms with Crippen LogP contribution in [-0.4, -0.2) is 42.4 Å². The van der Waals surface area contributed by atoms with Crippen molar-refractivity contribution < 1.29 is 23.8 Å². The molecule has 0 saturated carbocycles. The number of hydrogen-bond donors (Lipinski definition) is 2. The van der Waals surface area contributed by atoms with Crippen LogP contribution in [0.1, 0.15) is 17.0 Å². The van der Waals surface area contributed by atoms with Crippen molar-refractivity contribution in [1.29, 1.82) is 0 Å². The van der Waals surface area contributed by atoms with Crippen LogP contribution in [0, 0.1) is 0 Å². The molecule has 7 nitrogen and oxygen atoms in total. The van der Waals surface area contributed by atoms with E-state index in [0.29, 0.717) is 31.9 Å². The van der Waals surface area contributed by atoms with Crippen LogP contribution in [0.2, 0.25) is 0 Å². The summed E-state index contributed by atoms with van der Waals surface area (Å²) < 4.78 is 21.4. The van der Waals surface area contributed by atoms with Gasteiger partial charge in [-0.25, -0.2) is 0 Å². The molecule has 0 amide bonds. The van der Waals surface area contributed by atoms with Crippen LogP contribution in [0.15, 0.2) is 28.8 Å². The third-order valence-corrected chi connectivity index (χ3v) is 4.35. The maximum absolute atomic E-state index is 8.96. The van der Waals surface area contributed by atoms with Gasteiger partial charge in [0, 0.05) is 25.5 Å². The van der Waals surface area contributed by atoms with E-state index in [4.69, 9.17) is 23.8 Å². The van der Waals surface area contributed by atoms with E-state index < -0.39 is 0 Å². The molecule has 2 aromatic rings. The van der Waals surface area contributed by atoms with Crippen molar-refractivity contribution in [3.8, 4) is 11.5 Å². The molecule has 1 saturated heterocycles. The Morgan fingerprint density at radius 1 is 1.17 bits per heavy atom. The first-order chi connectivity index (χ1) is 11.8. The Hall–Kier alpha value is -2.09. The lowest BCUT2D eigenvalue weighted by molar-refractivity contribution is -0.0755. The van der Waals surface area contributed by atoms with Crippen LogP contribution >= 0.6 is 0 Å². The minimum atomic E-state index is -0.135. The van der Waals surface area contributed by atoms with E-state index in [9.17, 15) is 0 Å². The van der Waals surface area contributed by atoms with Gasteiger partial charge in [-0.15, -0.1) is 0 Å². The lowest BCUT2D eigenvalue weighted by Gasteiger charge is -2.42. The van der Waals surface area contributed by atoms with Gasteiger partial charge in [-0.2, -0.15) is 0 Å². The first-order valence-corrected chi connectivity index (χ1v) is 8.03. The van der Waals surface area contributed by atoms with Crippen LogP contribution in [0.4, 0.5) is 0 Å². The van der Waals surface area contributed by atoms with Gasteiger partial charge in [0.15, 0.2) is 11.5 Å². The molecule has 128 valence electrons. The first-order valence-electron chi connectivity index (χ1n) is 8.03. The molecule has 4 rings (SSSR count). The normalized spacial score (nSPS) is 17.7. The summed E-state index contributed by atoms with van der Waals surface area (Å²) in [6.45, 7) is 2.33. The summed E-state index contributed by atoms with van der Waals surface area (Å²) in [5.41, 5.74) is 1.87. The van der Waals surface area contributed by atoms with Crippen LogP contribution in [0.3, 0.4) is 0 Å². The summed E-state index contributed by atoms with van der Waals surface area (Å²) in [6.07, 6.45) is 1.22. The number of ether oxygens (including phenoxy) is 3. The molecule has 1 fully saturated rings. The van der Waals surface area contributed by atoms with Crippen molar-refractivity contribution in [2.75, 3.05) is 26.6 Å². The Morgan fingerprint density at radius 3 is 2.83 bits per heavy atom. The van der Waals surface area contributed by atoms with Gasteiger partial charge >= 0.3 is 0 Å². The molecule has 24 heavy (non-hydrogen) atoms. The van der Waals surface area contributed by atoms with Gasteiger partial charge in [-0.1, -0.05) is 11.2 Å². The van der Waals surface area contributed by atoms with Crippen molar-refractivity contribution in [2.24, 2.45) is 0 Å². The molecule has 0 bridgehead atoms. The molecule has 7 heteroatoms. The number of benzene rings is 1. The summed E-state index contributed by atoms with van der Waals surface area (Å²) in [5.74, 6) is 2.29. The number of nitrogens with zero attached hydrogens (tertiary/aromatic N) is 1. The van der Waals surface area contributed by atoms with Gasteiger partial charge in [-0.3, -0.25) is 0 Å². The first kappa shape index (κ1) is 15.4. The average molecular weight is 332 g/mol. The van der Waals surface area contributed by atoms with Crippen molar-refractivity contribution in [3.63, 3.8) is 0 Å². The lowest BCUT2D eigenvalue weighted by Crippen LogP contribution is -2.61. The number of aliphatic hydroxyl groups excluding tert-OH is 1. The van der Waals surface area contributed by atoms with Crippen molar-refractivity contribution in [1.82, 2.24) is 10.5 Å². The maximum atomic E-state index is 8.96. The molecule has 1 aromatic heterocycles. The number of aromatic nitrogens is 1. The van der Waals surface area contributed by atoms with Gasteiger partial charge in [0.2, 0.25) is 6.79 Å². The highest BCUT2D eigenvalue weighted by molar-refractivity contribution is 5.44. The zero-order valence-corrected chi connectivity index (χ0v) is 13.3. The molecule has 3 heterocycles. The Kier molecular flexibility index (Phi) is 4.13. The molecular weight excluding hydrogens is 312 g/mol. The summed E-state index contributed by atoms with van der Waals surface area (Å²) in [5, 5.41) is 16.6. The number of rotatable bonds is 7. The highest BCUT2D eigenvalue weighted by Gasteiger charge is 2.39. The van der Waals surface area contributed by atoms with E-state index in [1.54, 1.807) is 0 Å². The Labute approximate surface area is 139 Å². The predicted molar refractivity (Wildman–Crippen MR) is 84.0 cm³/mol. The monoisotopic (exact) mass is 332 g/mol. The zero-order valence-electron chi connectivity index (χ0n) is 13.3. The maximum Gasteiger partial charge on any atom is 0.231 e. The van der Waals surface area contributed by atoms with Gasteiger partial charge in [0.1, 0.15) is 5.76 Å². The van der Waals surface area contributed by atoms with Crippen molar-refractivity contribution in [2.45, 2.75) is 24.9 Å². The van der Waals surface area contributed by atoms with Crippen molar-refractivity contribution in [3.05, 3.63) is 41.3 Å². The lowest BCUT2D eigenvalue weighted by atomic mass is 9.90. The predicted octanol–water partition coefficient (Wildman–Crippen LogP) is 1.04. The molecule has 0 radical (unpaired) electrons. The smallest absolute Gasteiger partial charge is 0.231 e. The molecule has 2 N–H and O–H groups in total. The molecule has 2 aliphatic rings. The summed E-state index contributed by atoms with van der Waals surface area (Å²) in [6, 6.07) is 7.86. The van der Waals surface area contributed by atoms with Gasteiger partial charge in [-0.05, 0) is 17.7 Å². The summed E-state index contributed by atoms with van der Waals surface area (Å²) in [7, 11) is 0. The standard InChI is InChI=1S/C17H20N2O5/c20-4-3-14-6-13(19-24-14)7-17(9-21-10-17)18-8-12-1-2-15-16(5-12)23-11-22-15/h1-2,5-6,18,20H,3-4,7-11H2.